The molecule has 4 nitrogen and oxygen atoms in total. The van der Waals surface area contributed by atoms with Crippen molar-refractivity contribution >= 4 is 16.9 Å². The second kappa shape index (κ2) is 7.62. The summed E-state index contributed by atoms with van der Waals surface area (Å²) in [7, 11) is 0. The maximum absolute atomic E-state index is 11.2. The molecule has 21 heavy (non-hydrogen) atoms. The molecule has 0 radical (unpaired) electrons. The topological polar surface area (TPSA) is 46.9 Å². The Balaban J connectivity index is 2.14. The molecule has 0 aliphatic carbocycles. The highest BCUT2D eigenvalue weighted by atomic mass is 16.1. The molecular formula is C17H23N3O. The van der Waals surface area contributed by atoms with Crippen molar-refractivity contribution in [1.82, 2.24) is 14.9 Å². The van der Waals surface area contributed by atoms with Crippen LogP contribution in [0.3, 0.4) is 0 Å². The molecule has 1 aromatic carbocycles. The Morgan fingerprint density at radius 1 is 1.38 bits per heavy atom. The van der Waals surface area contributed by atoms with Gasteiger partial charge in [0.1, 0.15) is 5.82 Å². The molecule has 0 saturated carbocycles. The molecule has 4 heteroatoms. The molecule has 0 aliphatic rings. The molecule has 0 atom stereocenters. The van der Waals surface area contributed by atoms with Crippen molar-refractivity contribution in [2.24, 2.45) is 0 Å². The van der Waals surface area contributed by atoms with Gasteiger partial charge in [0.2, 0.25) is 5.91 Å². The smallest absolute Gasteiger partial charge is 0.243 e. The number of para-hydroxylation sites is 2. The predicted molar refractivity (Wildman–Crippen MR) is 86.2 cm³/mol. The Kier molecular flexibility index (Phi) is 5.55. The third-order valence-electron chi connectivity index (χ3n) is 3.55. The monoisotopic (exact) mass is 285 g/mol. The Labute approximate surface area is 125 Å². The fourth-order valence-electron chi connectivity index (χ4n) is 2.46. The van der Waals surface area contributed by atoms with Crippen LogP contribution in [0.25, 0.3) is 11.0 Å². The van der Waals surface area contributed by atoms with Gasteiger partial charge in [-0.1, -0.05) is 38.5 Å². The fourth-order valence-corrected chi connectivity index (χ4v) is 2.46. The van der Waals surface area contributed by atoms with E-state index in [0.717, 1.165) is 30.7 Å². The third kappa shape index (κ3) is 3.94. The number of nitrogens with zero attached hydrogens (tertiary/aromatic N) is 2. The molecule has 2 aromatic rings. The standard InChI is InChI=1S/C17H23N3O/c1-3-5-8-13-20-15-10-7-6-9-14(15)19-16(20)11-12-18-17(21)4-2/h4,6-7,9-10H,2-3,5,8,11-13H2,1H3,(H,18,21). The van der Waals surface area contributed by atoms with E-state index in [1.807, 2.05) is 18.2 Å². The van der Waals surface area contributed by atoms with E-state index in [0.29, 0.717) is 6.54 Å². The van der Waals surface area contributed by atoms with E-state index in [4.69, 9.17) is 4.98 Å². The lowest BCUT2D eigenvalue weighted by atomic mass is 10.2. The minimum Gasteiger partial charge on any atom is -0.352 e. The van der Waals surface area contributed by atoms with E-state index in [9.17, 15) is 4.79 Å². The Bertz CT molecular complexity index is 616. The van der Waals surface area contributed by atoms with E-state index < -0.39 is 0 Å². The summed E-state index contributed by atoms with van der Waals surface area (Å²) in [6.07, 6.45) is 5.62. The van der Waals surface area contributed by atoms with Crippen LogP contribution in [0.4, 0.5) is 0 Å². The van der Waals surface area contributed by atoms with Gasteiger partial charge in [0.05, 0.1) is 11.0 Å². The van der Waals surface area contributed by atoms with E-state index in [1.54, 1.807) is 0 Å². The normalized spacial score (nSPS) is 10.7. The lowest BCUT2D eigenvalue weighted by Gasteiger charge is -2.09. The van der Waals surface area contributed by atoms with Gasteiger partial charge in [-0.25, -0.2) is 4.98 Å². The molecule has 1 aromatic heterocycles. The van der Waals surface area contributed by atoms with Gasteiger partial charge in [-0.05, 0) is 24.6 Å². The second-order valence-electron chi connectivity index (χ2n) is 5.12. The maximum atomic E-state index is 11.2. The first kappa shape index (κ1) is 15.3. The van der Waals surface area contributed by atoms with Crippen molar-refractivity contribution < 1.29 is 4.79 Å². The lowest BCUT2D eigenvalue weighted by molar-refractivity contribution is -0.116. The van der Waals surface area contributed by atoms with Gasteiger partial charge in [-0.2, -0.15) is 0 Å². The van der Waals surface area contributed by atoms with Crippen LogP contribution in [0.2, 0.25) is 0 Å². The first-order valence-corrected chi connectivity index (χ1v) is 7.60. The minimum absolute atomic E-state index is 0.136. The number of benzene rings is 1. The molecular weight excluding hydrogens is 262 g/mol. The molecule has 0 bridgehead atoms. The Morgan fingerprint density at radius 2 is 2.19 bits per heavy atom. The van der Waals surface area contributed by atoms with Crippen LogP contribution in [0, 0.1) is 0 Å². The highest BCUT2D eigenvalue weighted by molar-refractivity contribution is 5.86. The molecule has 0 saturated heterocycles. The number of nitrogens with one attached hydrogen (secondary N) is 1. The zero-order valence-electron chi connectivity index (χ0n) is 12.6. The van der Waals surface area contributed by atoms with Gasteiger partial charge in [0.25, 0.3) is 0 Å². The summed E-state index contributed by atoms with van der Waals surface area (Å²) in [5.74, 6) is 0.903. The number of carbonyl (C=O) groups is 1. The van der Waals surface area contributed by atoms with Gasteiger partial charge >= 0.3 is 0 Å². The number of hydrogen-bond donors (Lipinski definition) is 1. The third-order valence-corrected chi connectivity index (χ3v) is 3.55. The van der Waals surface area contributed by atoms with E-state index in [2.05, 4.69) is 29.5 Å². The number of hydrogen-bond acceptors (Lipinski definition) is 2. The Morgan fingerprint density at radius 3 is 2.95 bits per heavy atom. The summed E-state index contributed by atoms with van der Waals surface area (Å²) in [5.41, 5.74) is 2.21. The number of aromatic nitrogens is 2. The number of carbonyl (C=O) groups excluding carboxylic acids is 1. The van der Waals surface area contributed by atoms with Gasteiger partial charge < -0.3 is 9.88 Å². The number of fused-ring (bicyclic) bond motifs is 1. The molecule has 1 amide bonds. The van der Waals surface area contributed by atoms with Crippen LogP contribution in [0.1, 0.15) is 32.0 Å². The van der Waals surface area contributed by atoms with E-state index >= 15 is 0 Å². The van der Waals surface area contributed by atoms with Crippen LogP contribution in [-0.4, -0.2) is 22.0 Å². The molecule has 2 rings (SSSR count). The number of rotatable bonds is 8. The second-order valence-corrected chi connectivity index (χ2v) is 5.12. The largest absolute Gasteiger partial charge is 0.352 e. The molecule has 0 spiro atoms. The average Bonchev–Trinajstić information content (AvgIpc) is 2.85. The summed E-state index contributed by atoms with van der Waals surface area (Å²) >= 11 is 0. The summed E-state index contributed by atoms with van der Waals surface area (Å²) in [6, 6.07) is 8.20. The number of imidazole rings is 1. The highest BCUT2D eigenvalue weighted by Gasteiger charge is 2.10. The first-order valence-electron chi connectivity index (χ1n) is 7.60. The van der Waals surface area contributed by atoms with Gasteiger partial charge in [-0.3, -0.25) is 4.79 Å². The fraction of sp³-hybridized carbons (Fsp3) is 0.412. The van der Waals surface area contributed by atoms with Gasteiger partial charge in [0.15, 0.2) is 0 Å². The molecule has 0 fully saturated rings. The number of amides is 1. The number of aryl methyl sites for hydroxylation is 1. The van der Waals surface area contributed by atoms with Crippen LogP contribution >= 0.6 is 0 Å². The zero-order valence-corrected chi connectivity index (χ0v) is 12.6. The van der Waals surface area contributed by atoms with E-state index in [1.165, 1.54) is 24.4 Å². The van der Waals surface area contributed by atoms with Gasteiger partial charge in [0, 0.05) is 19.5 Å². The van der Waals surface area contributed by atoms with Crippen LogP contribution < -0.4 is 5.32 Å². The molecule has 0 unspecified atom stereocenters. The van der Waals surface area contributed by atoms with Crippen LogP contribution in [0.5, 0.6) is 0 Å². The van der Waals surface area contributed by atoms with Crippen molar-refractivity contribution in [1.29, 1.82) is 0 Å². The van der Waals surface area contributed by atoms with Crippen LogP contribution in [0.15, 0.2) is 36.9 Å². The lowest BCUT2D eigenvalue weighted by Crippen LogP contribution is -2.24. The quantitative estimate of drug-likeness (QED) is 0.598. The molecule has 1 heterocycles. The van der Waals surface area contributed by atoms with Gasteiger partial charge in [-0.15, -0.1) is 0 Å². The maximum Gasteiger partial charge on any atom is 0.243 e. The van der Waals surface area contributed by atoms with Crippen molar-refractivity contribution in [3.05, 3.63) is 42.7 Å². The molecule has 0 aliphatic heterocycles. The van der Waals surface area contributed by atoms with E-state index in [-0.39, 0.29) is 5.91 Å². The SMILES string of the molecule is C=CC(=O)NCCc1nc2ccccc2n1CCCCC. The van der Waals surface area contributed by atoms with Crippen molar-refractivity contribution in [3.63, 3.8) is 0 Å². The summed E-state index contributed by atoms with van der Waals surface area (Å²) in [5, 5.41) is 2.81. The summed E-state index contributed by atoms with van der Waals surface area (Å²) < 4.78 is 2.28. The predicted octanol–water partition coefficient (Wildman–Crippen LogP) is 3.07. The van der Waals surface area contributed by atoms with Crippen molar-refractivity contribution in [2.45, 2.75) is 39.2 Å². The van der Waals surface area contributed by atoms with Crippen LogP contribution in [-0.2, 0) is 17.8 Å². The zero-order chi connectivity index (χ0) is 15.1. The average molecular weight is 285 g/mol. The highest BCUT2D eigenvalue weighted by Crippen LogP contribution is 2.17. The summed E-state index contributed by atoms with van der Waals surface area (Å²) in [6.45, 7) is 7.23. The van der Waals surface area contributed by atoms with Crippen molar-refractivity contribution in [3.8, 4) is 0 Å². The first-order chi connectivity index (χ1) is 10.3. The molecule has 112 valence electrons. The summed E-state index contributed by atoms with van der Waals surface area (Å²) in [4.78, 5) is 15.9. The minimum atomic E-state index is -0.136. The Hall–Kier alpha value is -2.10. The number of unbranched alkanes of at least 4 members (excludes halogenated alkanes) is 2. The van der Waals surface area contributed by atoms with Crippen molar-refractivity contribution in [2.75, 3.05) is 6.54 Å². The molecule has 1 N–H and O–H groups in total.